The Kier molecular flexibility index (Phi) is 2.59. The van der Waals surface area contributed by atoms with E-state index in [0.717, 1.165) is 37.1 Å². The number of aryl methyl sites for hydroxylation is 1. The SMILES string of the molecule is Cc1nc(CC2CCNCC2)n[nH]1. The van der Waals surface area contributed by atoms with E-state index < -0.39 is 0 Å². The maximum Gasteiger partial charge on any atom is 0.150 e. The zero-order valence-corrected chi connectivity index (χ0v) is 8.01. The molecule has 1 aliphatic rings. The van der Waals surface area contributed by atoms with Crippen LogP contribution in [0.5, 0.6) is 0 Å². The molecule has 1 fully saturated rings. The van der Waals surface area contributed by atoms with E-state index in [9.17, 15) is 0 Å². The Morgan fingerprint density at radius 2 is 2.15 bits per heavy atom. The Morgan fingerprint density at radius 3 is 2.77 bits per heavy atom. The molecule has 1 saturated heterocycles. The van der Waals surface area contributed by atoms with E-state index in [2.05, 4.69) is 20.5 Å². The molecule has 0 saturated carbocycles. The fourth-order valence-electron chi connectivity index (χ4n) is 1.82. The summed E-state index contributed by atoms with van der Waals surface area (Å²) in [5.41, 5.74) is 0. The second-order valence-corrected chi connectivity index (χ2v) is 3.73. The fourth-order valence-corrected chi connectivity index (χ4v) is 1.82. The first-order valence-corrected chi connectivity index (χ1v) is 4.93. The van der Waals surface area contributed by atoms with Gasteiger partial charge >= 0.3 is 0 Å². The molecular formula is C9H16N4. The molecule has 1 aromatic rings. The Labute approximate surface area is 78.1 Å². The van der Waals surface area contributed by atoms with E-state index in [1.54, 1.807) is 0 Å². The molecule has 0 bridgehead atoms. The van der Waals surface area contributed by atoms with Crippen LogP contribution in [0.25, 0.3) is 0 Å². The van der Waals surface area contributed by atoms with E-state index in [-0.39, 0.29) is 0 Å². The average molecular weight is 180 g/mol. The average Bonchev–Trinajstić information content (AvgIpc) is 2.53. The molecule has 0 amide bonds. The quantitative estimate of drug-likeness (QED) is 0.702. The number of hydrogen-bond acceptors (Lipinski definition) is 3. The van der Waals surface area contributed by atoms with Crippen molar-refractivity contribution >= 4 is 0 Å². The number of aromatic amines is 1. The van der Waals surface area contributed by atoms with Crippen LogP contribution in [-0.2, 0) is 6.42 Å². The van der Waals surface area contributed by atoms with Gasteiger partial charge in [-0.25, -0.2) is 4.98 Å². The predicted octanol–water partition coefficient (Wildman–Crippen LogP) is 0.655. The predicted molar refractivity (Wildman–Crippen MR) is 50.4 cm³/mol. The summed E-state index contributed by atoms with van der Waals surface area (Å²) in [5.74, 6) is 2.67. The molecule has 0 unspecified atom stereocenters. The minimum atomic E-state index is 0.774. The molecule has 2 rings (SSSR count). The van der Waals surface area contributed by atoms with Gasteiger partial charge in [-0.2, -0.15) is 5.10 Å². The third kappa shape index (κ3) is 2.28. The minimum Gasteiger partial charge on any atom is -0.317 e. The lowest BCUT2D eigenvalue weighted by Crippen LogP contribution is -2.28. The van der Waals surface area contributed by atoms with E-state index in [1.165, 1.54) is 12.8 Å². The summed E-state index contributed by atoms with van der Waals surface area (Å²) in [7, 11) is 0. The van der Waals surface area contributed by atoms with E-state index >= 15 is 0 Å². The second-order valence-electron chi connectivity index (χ2n) is 3.73. The van der Waals surface area contributed by atoms with Crippen molar-refractivity contribution in [3.05, 3.63) is 11.6 Å². The molecule has 2 heterocycles. The van der Waals surface area contributed by atoms with Crippen LogP contribution in [0.2, 0.25) is 0 Å². The normalized spacial score (nSPS) is 19.2. The largest absolute Gasteiger partial charge is 0.317 e. The van der Waals surface area contributed by atoms with E-state index in [4.69, 9.17) is 0 Å². The molecule has 1 aliphatic heterocycles. The smallest absolute Gasteiger partial charge is 0.150 e. The van der Waals surface area contributed by atoms with Crippen molar-refractivity contribution < 1.29 is 0 Å². The zero-order valence-electron chi connectivity index (χ0n) is 8.01. The van der Waals surface area contributed by atoms with Crippen molar-refractivity contribution in [2.24, 2.45) is 5.92 Å². The van der Waals surface area contributed by atoms with Crippen LogP contribution < -0.4 is 5.32 Å². The highest BCUT2D eigenvalue weighted by molar-refractivity contribution is 4.90. The van der Waals surface area contributed by atoms with Crippen molar-refractivity contribution in [2.45, 2.75) is 26.2 Å². The van der Waals surface area contributed by atoms with Crippen molar-refractivity contribution in [2.75, 3.05) is 13.1 Å². The van der Waals surface area contributed by atoms with Gasteiger partial charge in [0.2, 0.25) is 0 Å². The summed E-state index contributed by atoms with van der Waals surface area (Å²) >= 11 is 0. The topological polar surface area (TPSA) is 53.6 Å². The zero-order chi connectivity index (χ0) is 9.10. The molecule has 2 N–H and O–H groups in total. The van der Waals surface area contributed by atoms with Crippen LogP contribution in [0.15, 0.2) is 0 Å². The van der Waals surface area contributed by atoms with Gasteiger partial charge in [0.05, 0.1) is 0 Å². The van der Waals surface area contributed by atoms with Crippen LogP contribution in [0.4, 0.5) is 0 Å². The van der Waals surface area contributed by atoms with Gasteiger partial charge in [0.15, 0.2) is 5.82 Å². The van der Waals surface area contributed by atoms with Crippen molar-refractivity contribution in [1.82, 2.24) is 20.5 Å². The molecule has 0 aromatic carbocycles. The number of hydrogen-bond donors (Lipinski definition) is 2. The first kappa shape index (κ1) is 8.69. The van der Waals surface area contributed by atoms with E-state index in [1.807, 2.05) is 6.92 Å². The molecular weight excluding hydrogens is 164 g/mol. The number of nitrogens with zero attached hydrogens (tertiary/aromatic N) is 2. The van der Waals surface area contributed by atoms with Gasteiger partial charge in [0.25, 0.3) is 0 Å². The molecule has 4 heteroatoms. The minimum absolute atomic E-state index is 0.774. The number of H-pyrrole nitrogens is 1. The fraction of sp³-hybridized carbons (Fsp3) is 0.778. The molecule has 0 atom stereocenters. The molecule has 4 nitrogen and oxygen atoms in total. The molecule has 0 spiro atoms. The van der Waals surface area contributed by atoms with Gasteiger partial charge < -0.3 is 5.32 Å². The number of aromatic nitrogens is 3. The van der Waals surface area contributed by atoms with Gasteiger partial charge in [0.1, 0.15) is 5.82 Å². The van der Waals surface area contributed by atoms with Crippen LogP contribution in [0.3, 0.4) is 0 Å². The molecule has 0 aliphatic carbocycles. The third-order valence-corrected chi connectivity index (χ3v) is 2.57. The lowest BCUT2D eigenvalue weighted by molar-refractivity contribution is 0.367. The van der Waals surface area contributed by atoms with Crippen molar-refractivity contribution in [1.29, 1.82) is 0 Å². The number of piperidine rings is 1. The lowest BCUT2D eigenvalue weighted by atomic mass is 9.94. The Balaban J connectivity index is 1.89. The Bertz CT molecular complexity index is 262. The number of rotatable bonds is 2. The van der Waals surface area contributed by atoms with Crippen LogP contribution in [0, 0.1) is 12.8 Å². The standard InChI is InChI=1S/C9H16N4/c1-7-11-9(13-12-7)6-8-2-4-10-5-3-8/h8,10H,2-6H2,1H3,(H,11,12,13). The van der Waals surface area contributed by atoms with Crippen molar-refractivity contribution in [3.8, 4) is 0 Å². The molecule has 1 aromatic heterocycles. The second kappa shape index (κ2) is 3.87. The van der Waals surface area contributed by atoms with Crippen LogP contribution >= 0.6 is 0 Å². The first-order chi connectivity index (χ1) is 6.34. The molecule has 72 valence electrons. The van der Waals surface area contributed by atoms with E-state index in [0.29, 0.717) is 0 Å². The number of nitrogens with one attached hydrogen (secondary N) is 2. The highest BCUT2D eigenvalue weighted by Gasteiger charge is 2.15. The van der Waals surface area contributed by atoms with Crippen LogP contribution in [0.1, 0.15) is 24.5 Å². The maximum atomic E-state index is 4.32. The molecule has 0 radical (unpaired) electrons. The summed E-state index contributed by atoms with van der Waals surface area (Å²) in [5, 5.41) is 10.4. The summed E-state index contributed by atoms with van der Waals surface area (Å²) in [6, 6.07) is 0. The highest BCUT2D eigenvalue weighted by atomic mass is 15.2. The van der Waals surface area contributed by atoms with Crippen LogP contribution in [-0.4, -0.2) is 28.3 Å². The van der Waals surface area contributed by atoms with Gasteiger partial charge in [0, 0.05) is 6.42 Å². The highest BCUT2D eigenvalue weighted by Crippen LogP contribution is 2.15. The summed E-state index contributed by atoms with van der Waals surface area (Å²) in [6.07, 6.45) is 3.55. The lowest BCUT2D eigenvalue weighted by Gasteiger charge is -2.20. The van der Waals surface area contributed by atoms with Gasteiger partial charge in [-0.05, 0) is 38.8 Å². The third-order valence-electron chi connectivity index (χ3n) is 2.57. The summed E-state index contributed by atoms with van der Waals surface area (Å²) < 4.78 is 0. The van der Waals surface area contributed by atoms with Gasteiger partial charge in [-0.1, -0.05) is 0 Å². The van der Waals surface area contributed by atoms with Gasteiger partial charge in [-0.3, -0.25) is 5.10 Å². The summed E-state index contributed by atoms with van der Waals surface area (Å²) in [4.78, 5) is 4.32. The first-order valence-electron chi connectivity index (χ1n) is 4.93. The monoisotopic (exact) mass is 180 g/mol. The maximum absolute atomic E-state index is 4.32. The summed E-state index contributed by atoms with van der Waals surface area (Å²) in [6.45, 7) is 4.24. The van der Waals surface area contributed by atoms with Crippen molar-refractivity contribution in [3.63, 3.8) is 0 Å². The Morgan fingerprint density at radius 1 is 1.38 bits per heavy atom. The Hall–Kier alpha value is -0.900. The molecule has 13 heavy (non-hydrogen) atoms. The van der Waals surface area contributed by atoms with Gasteiger partial charge in [-0.15, -0.1) is 0 Å².